The van der Waals surface area contributed by atoms with Gasteiger partial charge in [-0.3, -0.25) is 4.79 Å². The molecule has 0 unspecified atom stereocenters. The number of hydrogen-bond donors (Lipinski definition) is 0. The fourth-order valence-corrected chi connectivity index (χ4v) is 2.41. The molecule has 7 heteroatoms. The maximum Gasteiger partial charge on any atom is 0.409 e. The molecule has 0 atom stereocenters. The lowest BCUT2D eigenvalue weighted by molar-refractivity contribution is 0.0599. The third-order valence-corrected chi connectivity index (χ3v) is 3.36. The molecule has 0 aromatic carbocycles. The molecule has 0 bridgehead atoms. The highest BCUT2D eigenvalue weighted by molar-refractivity contribution is 6.29. The third-order valence-electron chi connectivity index (χ3n) is 3.17. The molecule has 2 amide bonds. The molecule has 108 valence electrons. The third kappa shape index (κ3) is 3.19. The van der Waals surface area contributed by atoms with Crippen LogP contribution in [0.15, 0.2) is 12.1 Å². The van der Waals surface area contributed by atoms with Crippen molar-refractivity contribution in [1.29, 1.82) is 0 Å². The molecule has 1 aromatic heterocycles. The highest BCUT2D eigenvalue weighted by atomic mass is 35.5. The fraction of sp³-hybridized carbons (Fsp3) is 0.462. The standard InChI is InChI=1S/C13H16ClN3O3/c1-9-7-10(8-11(14)15-9)12(18)16-3-5-17(6-4-16)13(19)20-2/h7-8H,3-6H2,1-2H3. The number of rotatable bonds is 1. The molecule has 1 aliphatic heterocycles. The summed E-state index contributed by atoms with van der Waals surface area (Å²) in [7, 11) is 1.35. The smallest absolute Gasteiger partial charge is 0.409 e. The van der Waals surface area contributed by atoms with E-state index in [2.05, 4.69) is 9.72 Å². The zero-order valence-electron chi connectivity index (χ0n) is 11.4. The monoisotopic (exact) mass is 297 g/mol. The number of hydrogen-bond acceptors (Lipinski definition) is 4. The molecule has 0 aliphatic carbocycles. The first kappa shape index (κ1) is 14.6. The molecule has 0 radical (unpaired) electrons. The van der Waals surface area contributed by atoms with Gasteiger partial charge < -0.3 is 14.5 Å². The van der Waals surface area contributed by atoms with Gasteiger partial charge in [0.25, 0.3) is 5.91 Å². The summed E-state index contributed by atoms with van der Waals surface area (Å²) in [5.41, 5.74) is 1.23. The first-order valence-corrected chi connectivity index (χ1v) is 6.65. The van der Waals surface area contributed by atoms with Crippen LogP contribution in [0.25, 0.3) is 0 Å². The van der Waals surface area contributed by atoms with E-state index in [1.807, 2.05) is 0 Å². The van der Waals surface area contributed by atoms with Gasteiger partial charge in [-0.15, -0.1) is 0 Å². The molecule has 20 heavy (non-hydrogen) atoms. The van der Waals surface area contributed by atoms with E-state index in [9.17, 15) is 9.59 Å². The maximum atomic E-state index is 12.4. The Labute approximate surface area is 122 Å². The average Bonchev–Trinajstić information content (AvgIpc) is 2.45. The lowest BCUT2D eigenvalue weighted by Gasteiger charge is -2.33. The molecule has 1 saturated heterocycles. The van der Waals surface area contributed by atoms with E-state index < -0.39 is 0 Å². The van der Waals surface area contributed by atoms with Gasteiger partial charge in [-0.1, -0.05) is 11.6 Å². The Morgan fingerprint density at radius 2 is 1.80 bits per heavy atom. The number of piperazine rings is 1. The van der Waals surface area contributed by atoms with E-state index in [0.29, 0.717) is 42.6 Å². The molecule has 0 saturated carbocycles. The Morgan fingerprint density at radius 3 is 2.35 bits per heavy atom. The van der Waals surface area contributed by atoms with Crippen LogP contribution < -0.4 is 0 Å². The van der Waals surface area contributed by atoms with Gasteiger partial charge in [0.15, 0.2) is 0 Å². The van der Waals surface area contributed by atoms with Gasteiger partial charge in [0.05, 0.1) is 7.11 Å². The summed E-state index contributed by atoms with van der Waals surface area (Å²) < 4.78 is 4.66. The van der Waals surface area contributed by atoms with Crippen LogP contribution in [0.1, 0.15) is 16.1 Å². The Bertz CT molecular complexity index is 507. The van der Waals surface area contributed by atoms with E-state index >= 15 is 0 Å². The van der Waals surface area contributed by atoms with Crippen molar-refractivity contribution < 1.29 is 14.3 Å². The Morgan fingerprint density at radius 1 is 1.20 bits per heavy atom. The van der Waals surface area contributed by atoms with Gasteiger partial charge in [0, 0.05) is 37.4 Å². The summed E-state index contributed by atoms with van der Waals surface area (Å²) >= 11 is 5.87. The van der Waals surface area contributed by atoms with Crippen molar-refractivity contribution in [2.45, 2.75) is 6.92 Å². The van der Waals surface area contributed by atoms with E-state index in [-0.39, 0.29) is 12.0 Å². The van der Waals surface area contributed by atoms with Gasteiger partial charge in [0.1, 0.15) is 5.15 Å². The highest BCUT2D eigenvalue weighted by Crippen LogP contribution is 2.14. The number of halogens is 1. The number of aryl methyl sites for hydroxylation is 1. The Kier molecular flexibility index (Phi) is 4.44. The molecule has 1 aromatic rings. The fourth-order valence-electron chi connectivity index (χ4n) is 2.16. The summed E-state index contributed by atoms with van der Waals surface area (Å²) in [6.07, 6.45) is -0.361. The second-order valence-electron chi connectivity index (χ2n) is 4.57. The Hall–Kier alpha value is -1.82. The van der Waals surface area contributed by atoms with Gasteiger partial charge in [-0.05, 0) is 19.1 Å². The number of carbonyl (C=O) groups is 2. The maximum absolute atomic E-state index is 12.4. The van der Waals surface area contributed by atoms with E-state index in [0.717, 1.165) is 0 Å². The highest BCUT2D eigenvalue weighted by Gasteiger charge is 2.25. The first-order chi connectivity index (χ1) is 9.51. The van der Waals surface area contributed by atoms with Crippen LogP contribution in [0.5, 0.6) is 0 Å². The lowest BCUT2D eigenvalue weighted by Crippen LogP contribution is -2.50. The minimum absolute atomic E-state index is 0.0954. The molecule has 0 spiro atoms. The van der Waals surface area contributed by atoms with Gasteiger partial charge in [0.2, 0.25) is 0 Å². The van der Waals surface area contributed by atoms with Crippen molar-refractivity contribution in [1.82, 2.24) is 14.8 Å². The number of pyridine rings is 1. The summed E-state index contributed by atoms with van der Waals surface area (Å²) in [5, 5.41) is 0.307. The normalized spacial score (nSPS) is 15.2. The van der Waals surface area contributed by atoms with E-state index in [1.54, 1.807) is 28.9 Å². The predicted octanol–water partition coefficient (Wildman–Crippen LogP) is 1.57. The van der Waals surface area contributed by atoms with Crippen molar-refractivity contribution in [3.8, 4) is 0 Å². The van der Waals surface area contributed by atoms with Crippen LogP contribution in [0, 0.1) is 6.92 Å². The number of carbonyl (C=O) groups excluding carboxylic acids is 2. The molecular formula is C13H16ClN3O3. The largest absolute Gasteiger partial charge is 0.453 e. The summed E-state index contributed by atoms with van der Waals surface area (Å²) in [6, 6.07) is 3.27. The minimum atomic E-state index is -0.361. The molecule has 1 aliphatic rings. The molecule has 2 rings (SSSR count). The minimum Gasteiger partial charge on any atom is -0.453 e. The van der Waals surface area contributed by atoms with Crippen molar-refractivity contribution in [2.24, 2.45) is 0 Å². The van der Waals surface area contributed by atoms with Crippen molar-refractivity contribution in [2.75, 3.05) is 33.3 Å². The van der Waals surface area contributed by atoms with Crippen LogP contribution in [0.4, 0.5) is 4.79 Å². The Balaban J connectivity index is 2.03. The van der Waals surface area contributed by atoms with Crippen molar-refractivity contribution in [3.63, 3.8) is 0 Å². The molecule has 1 fully saturated rings. The number of methoxy groups -OCH3 is 1. The van der Waals surface area contributed by atoms with Crippen LogP contribution in [-0.4, -0.2) is 60.1 Å². The van der Waals surface area contributed by atoms with Gasteiger partial charge in [-0.2, -0.15) is 0 Å². The average molecular weight is 298 g/mol. The van der Waals surface area contributed by atoms with Crippen LogP contribution in [0.2, 0.25) is 5.15 Å². The van der Waals surface area contributed by atoms with Crippen LogP contribution in [0.3, 0.4) is 0 Å². The van der Waals surface area contributed by atoms with Crippen molar-refractivity contribution >= 4 is 23.6 Å². The van der Waals surface area contributed by atoms with Crippen LogP contribution >= 0.6 is 11.6 Å². The SMILES string of the molecule is COC(=O)N1CCN(C(=O)c2cc(C)nc(Cl)c2)CC1. The van der Waals surface area contributed by atoms with Crippen LogP contribution in [-0.2, 0) is 4.74 Å². The number of amides is 2. The topological polar surface area (TPSA) is 62.7 Å². The number of aromatic nitrogens is 1. The molecular weight excluding hydrogens is 282 g/mol. The van der Waals surface area contributed by atoms with E-state index in [1.165, 1.54) is 7.11 Å². The lowest BCUT2D eigenvalue weighted by atomic mass is 10.2. The summed E-state index contributed by atoms with van der Waals surface area (Å²) in [5.74, 6) is -0.0954. The van der Waals surface area contributed by atoms with Crippen molar-refractivity contribution in [3.05, 3.63) is 28.5 Å². The van der Waals surface area contributed by atoms with Gasteiger partial charge in [-0.25, -0.2) is 9.78 Å². The quantitative estimate of drug-likeness (QED) is 0.738. The van der Waals surface area contributed by atoms with Gasteiger partial charge >= 0.3 is 6.09 Å². The van der Waals surface area contributed by atoms with E-state index in [4.69, 9.17) is 11.6 Å². The predicted molar refractivity (Wildman–Crippen MR) is 73.9 cm³/mol. The second-order valence-corrected chi connectivity index (χ2v) is 4.96. The molecule has 0 N–H and O–H groups in total. The first-order valence-electron chi connectivity index (χ1n) is 6.27. The zero-order chi connectivity index (χ0) is 14.7. The number of ether oxygens (including phenoxy) is 1. The number of nitrogens with zero attached hydrogens (tertiary/aromatic N) is 3. The molecule has 2 heterocycles. The second kappa shape index (κ2) is 6.09. The summed E-state index contributed by atoms with van der Waals surface area (Å²) in [6.45, 7) is 3.68. The summed E-state index contributed by atoms with van der Waals surface area (Å²) in [4.78, 5) is 31.0. The zero-order valence-corrected chi connectivity index (χ0v) is 12.2. The molecule has 6 nitrogen and oxygen atoms in total.